The van der Waals surface area contributed by atoms with Crippen LogP contribution in [0.1, 0.15) is 27.2 Å². The summed E-state index contributed by atoms with van der Waals surface area (Å²) in [5, 5.41) is 14.0. The third kappa shape index (κ3) is 3.83. The van der Waals surface area contributed by atoms with E-state index in [1.807, 2.05) is 0 Å². The molecule has 0 spiro atoms. The van der Waals surface area contributed by atoms with Gasteiger partial charge in [0, 0.05) is 27.4 Å². The van der Waals surface area contributed by atoms with Crippen molar-refractivity contribution in [3.05, 3.63) is 31.9 Å². The van der Waals surface area contributed by atoms with Crippen LogP contribution < -0.4 is 5.32 Å². The summed E-state index contributed by atoms with van der Waals surface area (Å²) in [4.78, 5) is 10.3. The van der Waals surface area contributed by atoms with E-state index in [1.54, 1.807) is 12.1 Å². The van der Waals surface area contributed by atoms with Crippen molar-refractivity contribution in [1.29, 1.82) is 0 Å². The number of nitrogens with one attached hydrogen (secondary N) is 1. The van der Waals surface area contributed by atoms with E-state index in [1.165, 1.54) is 6.07 Å². The Morgan fingerprint density at radius 2 is 2.12 bits per heavy atom. The molecule has 4 nitrogen and oxygen atoms in total. The lowest BCUT2D eigenvalue weighted by atomic mass is 10.0. The fourth-order valence-electron chi connectivity index (χ4n) is 1.48. The highest BCUT2D eigenvalue weighted by Crippen LogP contribution is 2.25. The van der Waals surface area contributed by atoms with Crippen LogP contribution in [0.5, 0.6) is 0 Å². The molecule has 94 valence electrons. The number of nitrogens with zero attached hydrogens (tertiary/aromatic N) is 1. The highest BCUT2D eigenvalue weighted by molar-refractivity contribution is 14.1. The summed E-state index contributed by atoms with van der Waals surface area (Å²) in [6, 6.07) is 5.26. The summed E-state index contributed by atoms with van der Waals surface area (Å²) in [7, 11) is 0. The zero-order valence-electron chi connectivity index (χ0n) is 10.2. The van der Waals surface area contributed by atoms with Crippen LogP contribution in [-0.2, 0) is 0 Å². The third-order valence-electron chi connectivity index (χ3n) is 3.04. The SMILES string of the molecule is CCC(C)C(C)Nc1ccc([N+](=O)[O-])cc1I. The minimum atomic E-state index is -0.371. The van der Waals surface area contributed by atoms with Crippen molar-refractivity contribution in [3.8, 4) is 0 Å². The van der Waals surface area contributed by atoms with Gasteiger partial charge in [-0.15, -0.1) is 0 Å². The van der Waals surface area contributed by atoms with Crippen LogP contribution >= 0.6 is 22.6 Å². The first-order valence-electron chi connectivity index (χ1n) is 5.66. The molecular formula is C12H17IN2O2. The molecule has 2 unspecified atom stereocenters. The van der Waals surface area contributed by atoms with Crippen LogP contribution in [0, 0.1) is 19.6 Å². The van der Waals surface area contributed by atoms with Gasteiger partial charge in [0.05, 0.1) is 4.92 Å². The molecule has 0 aliphatic rings. The molecule has 1 rings (SSSR count). The molecule has 5 heteroatoms. The normalized spacial score (nSPS) is 14.1. The Morgan fingerprint density at radius 1 is 1.47 bits per heavy atom. The van der Waals surface area contributed by atoms with E-state index in [-0.39, 0.29) is 10.6 Å². The lowest BCUT2D eigenvalue weighted by Crippen LogP contribution is -2.23. The molecule has 1 aromatic rings. The average Bonchev–Trinajstić information content (AvgIpc) is 2.30. The Labute approximate surface area is 115 Å². The average molecular weight is 348 g/mol. The molecule has 0 fully saturated rings. The van der Waals surface area contributed by atoms with Gasteiger partial charge in [0.2, 0.25) is 0 Å². The lowest BCUT2D eigenvalue weighted by molar-refractivity contribution is -0.384. The first-order chi connectivity index (χ1) is 7.95. The number of nitro groups is 1. The molecule has 0 amide bonds. The van der Waals surface area contributed by atoms with Crippen molar-refractivity contribution in [2.75, 3.05) is 5.32 Å². The minimum absolute atomic E-state index is 0.135. The van der Waals surface area contributed by atoms with E-state index < -0.39 is 0 Å². The number of nitro benzene ring substituents is 1. The van der Waals surface area contributed by atoms with Crippen molar-refractivity contribution >= 4 is 34.0 Å². The van der Waals surface area contributed by atoms with Gasteiger partial charge < -0.3 is 5.32 Å². The zero-order valence-corrected chi connectivity index (χ0v) is 12.4. The largest absolute Gasteiger partial charge is 0.381 e. The summed E-state index contributed by atoms with van der Waals surface area (Å²) in [6.45, 7) is 6.48. The van der Waals surface area contributed by atoms with E-state index in [0.717, 1.165) is 15.7 Å². The maximum absolute atomic E-state index is 10.6. The molecule has 0 aliphatic heterocycles. The highest BCUT2D eigenvalue weighted by Gasteiger charge is 2.13. The van der Waals surface area contributed by atoms with Gasteiger partial charge >= 0.3 is 0 Å². The molecule has 0 saturated carbocycles. The molecule has 0 aliphatic carbocycles. The summed E-state index contributed by atoms with van der Waals surface area (Å²) < 4.78 is 0.881. The minimum Gasteiger partial charge on any atom is -0.381 e. The van der Waals surface area contributed by atoms with Crippen molar-refractivity contribution in [2.24, 2.45) is 5.92 Å². The van der Waals surface area contributed by atoms with Gasteiger partial charge in [0.15, 0.2) is 0 Å². The molecule has 17 heavy (non-hydrogen) atoms. The third-order valence-corrected chi connectivity index (χ3v) is 3.94. The van der Waals surface area contributed by atoms with Gasteiger partial charge in [-0.25, -0.2) is 0 Å². The van der Waals surface area contributed by atoms with E-state index in [2.05, 4.69) is 48.7 Å². The van der Waals surface area contributed by atoms with Gasteiger partial charge in [-0.3, -0.25) is 10.1 Å². The summed E-state index contributed by atoms with van der Waals surface area (Å²) in [5.41, 5.74) is 1.10. The van der Waals surface area contributed by atoms with Crippen molar-refractivity contribution < 1.29 is 4.92 Å². The summed E-state index contributed by atoms with van der Waals surface area (Å²) in [6.07, 6.45) is 1.11. The maximum atomic E-state index is 10.6. The Balaban J connectivity index is 2.82. The van der Waals surface area contributed by atoms with Gasteiger partial charge in [-0.1, -0.05) is 20.3 Å². The smallest absolute Gasteiger partial charge is 0.270 e. The quantitative estimate of drug-likeness (QED) is 0.496. The Kier molecular flexibility index (Phi) is 5.17. The molecule has 0 heterocycles. The van der Waals surface area contributed by atoms with Crippen LogP contribution in [0.2, 0.25) is 0 Å². The lowest BCUT2D eigenvalue weighted by Gasteiger charge is -2.21. The molecule has 0 saturated heterocycles. The number of benzene rings is 1. The second-order valence-electron chi connectivity index (χ2n) is 4.24. The Hall–Kier alpha value is -0.850. The van der Waals surface area contributed by atoms with Crippen LogP contribution in [0.3, 0.4) is 0 Å². The molecule has 0 radical (unpaired) electrons. The number of anilines is 1. The van der Waals surface area contributed by atoms with E-state index in [4.69, 9.17) is 0 Å². The predicted octanol–water partition coefficient (Wildman–Crippen LogP) is 4.05. The highest BCUT2D eigenvalue weighted by atomic mass is 127. The fraction of sp³-hybridized carbons (Fsp3) is 0.500. The van der Waals surface area contributed by atoms with Gasteiger partial charge in [0.25, 0.3) is 5.69 Å². The molecular weight excluding hydrogens is 331 g/mol. The zero-order chi connectivity index (χ0) is 13.0. The number of non-ortho nitro benzene ring substituents is 1. The van der Waals surface area contributed by atoms with E-state index in [0.29, 0.717) is 12.0 Å². The number of hydrogen-bond acceptors (Lipinski definition) is 3. The van der Waals surface area contributed by atoms with Gasteiger partial charge in [-0.2, -0.15) is 0 Å². The van der Waals surface area contributed by atoms with Crippen molar-refractivity contribution in [1.82, 2.24) is 0 Å². The Morgan fingerprint density at radius 3 is 2.59 bits per heavy atom. The first kappa shape index (κ1) is 14.2. The van der Waals surface area contributed by atoms with Crippen LogP contribution in [0.4, 0.5) is 11.4 Å². The second-order valence-corrected chi connectivity index (χ2v) is 5.40. The Bertz CT molecular complexity index is 409. The summed E-state index contributed by atoms with van der Waals surface area (Å²) >= 11 is 2.12. The van der Waals surface area contributed by atoms with E-state index in [9.17, 15) is 10.1 Å². The standard InChI is InChI=1S/C12H17IN2O2/c1-4-8(2)9(3)14-12-6-5-10(15(16)17)7-11(12)13/h5-9,14H,4H2,1-3H3. The monoisotopic (exact) mass is 348 g/mol. The molecule has 0 aromatic heterocycles. The number of halogens is 1. The molecule has 0 bridgehead atoms. The number of hydrogen-bond donors (Lipinski definition) is 1. The van der Waals surface area contributed by atoms with E-state index >= 15 is 0 Å². The first-order valence-corrected chi connectivity index (χ1v) is 6.74. The van der Waals surface area contributed by atoms with Gasteiger partial charge in [-0.05, 0) is 41.5 Å². The van der Waals surface area contributed by atoms with Crippen LogP contribution in [0.25, 0.3) is 0 Å². The summed E-state index contributed by atoms with van der Waals surface area (Å²) in [5.74, 6) is 0.570. The van der Waals surface area contributed by atoms with Crippen molar-refractivity contribution in [3.63, 3.8) is 0 Å². The topological polar surface area (TPSA) is 55.2 Å². The van der Waals surface area contributed by atoms with Crippen molar-refractivity contribution in [2.45, 2.75) is 33.2 Å². The number of rotatable bonds is 5. The van der Waals surface area contributed by atoms with Crippen LogP contribution in [-0.4, -0.2) is 11.0 Å². The fourth-order valence-corrected chi connectivity index (χ4v) is 2.13. The van der Waals surface area contributed by atoms with Gasteiger partial charge in [0.1, 0.15) is 0 Å². The molecule has 1 aromatic carbocycles. The molecule has 1 N–H and O–H groups in total. The maximum Gasteiger partial charge on any atom is 0.270 e. The second kappa shape index (κ2) is 6.18. The molecule has 2 atom stereocenters. The predicted molar refractivity (Wildman–Crippen MR) is 78.4 cm³/mol. The van der Waals surface area contributed by atoms with Crippen LogP contribution in [0.15, 0.2) is 18.2 Å².